The number of benzene rings is 1. The number of rotatable bonds is 8. The van der Waals surface area contributed by atoms with E-state index in [1.54, 1.807) is 26.0 Å². The van der Waals surface area contributed by atoms with Gasteiger partial charge < -0.3 is 10.6 Å². The first-order valence-electron chi connectivity index (χ1n) is 7.73. The van der Waals surface area contributed by atoms with Crippen LogP contribution in [-0.4, -0.2) is 32.5 Å². The Kier molecular flexibility index (Phi) is 6.58. The molecule has 0 fully saturated rings. The van der Waals surface area contributed by atoms with Gasteiger partial charge in [-0.3, -0.25) is 4.79 Å². The molecular weight excluding hydrogens is 314 g/mol. The summed E-state index contributed by atoms with van der Waals surface area (Å²) in [6.45, 7) is 9.62. The molecule has 0 saturated heterocycles. The van der Waals surface area contributed by atoms with Crippen molar-refractivity contribution in [2.24, 2.45) is 0 Å². The van der Waals surface area contributed by atoms with Crippen LogP contribution in [0.2, 0.25) is 0 Å². The smallest absolute Gasteiger partial charge is 0.240 e. The van der Waals surface area contributed by atoms with E-state index in [1.165, 1.54) is 12.1 Å². The van der Waals surface area contributed by atoms with Crippen LogP contribution in [0.25, 0.3) is 0 Å². The van der Waals surface area contributed by atoms with Crippen LogP contribution < -0.4 is 15.4 Å². The Morgan fingerprint density at radius 2 is 1.74 bits per heavy atom. The highest BCUT2D eigenvalue weighted by atomic mass is 32.2. The van der Waals surface area contributed by atoms with Gasteiger partial charge in [0.1, 0.15) is 0 Å². The Morgan fingerprint density at radius 3 is 2.22 bits per heavy atom. The fraction of sp³-hybridized carbons (Fsp3) is 0.562. The Hall–Kier alpha value is -1.60. The van der Waals surface area contributed by atoms with Crippen molar-refractivity contribution in [3.05, 3.63) is 24.3 Å². The van der Waals surface area contributed by atoms with E-state index in [-0.39, 0.29) is 28.9 Å². The molecule has 0 saturated carbocycles. The molecule has 3 N–H and O–H groups in total. The van der Waals surface area contributed by atoms with Gasteiger partial charge in [0.05, 0.1) is 11.4 Å². The molecule has 1 rings (SSSR count). The van der Waals surface area contributed by atoms with E-state index in [0.29, 0.717) is 5.69 Å². The van der Waals surface area contributed by atoms with Crippen LogP contribution in [0.3, 0.4) is 0 Å². The van der Waals surface area contributed by atoms with Crippen molar-refractivity contribution >= 4 is 21.6 Å². The average molecular weight is 341 g/mol. The van der Waals surface area contributed by atoms with Crippen LogP contribution in [0.1, 0.15) is 41.0 Å². The van der Waals surface area contributed by atoms with Gasteiger partial charge in [-0.1, -0.05) is 6.92 Å². The number of hydrogen-bond donors (Lipinski definition) is 3. The number of sulfonamides is 1. The second-order valence-corrected chi connectivity index (χ2v) is 8.15. The number of amides is 1. The molecule has 1 amide bonds. The van der Waals surface area contributed by atoms with E-state index >= 15 is 0 Å². The maximum atomic E-state index is 12.0. The molecule has 1 aromatic carbocycles. The first-order chi connectivity index (χ1) is 10.6. The molecule has 0 radical (unpaired) electrons. The predicted octanol–water partition coefficient (Wildman–Crippen LogP) is 2.09. The summed E-state index contributed by atoms with van der Waals surface area (Å²) in [6.07, 6.45) is 0.841. The molecule has 0 heterocycles. The lowest BCUT2D eigenvalue weighted by Crippen LogP contribution is -2.45. The lowest BCUT2D eigenvalue weighted by atomic mass is 10.0. The van der Waals surface area contributed by atoms with Crippen LogP contribution >= 0.6 is 0 Å². The van der Waals surface area contributed by atoms with Gasteiger partial charge >= 0.3 is 0 Å². The molecule has 6 nitrogen and oxygen atoms in total. The van der Waals surface area contributed by atoms with Crippen LogP contribution in [0.4, 0.5) is 5.69 Å². The van der Waals surface area contributed by atoms with Gasteiger partial charge in [0.15, 0.2) is 0 Å². The van der Waals surface area contributed by atoms with Crippen molar-refractivity contribution in [3.63, 3.8) is 0 Å². The lowest BCUT2D eigenvalue weighted by Gasteiger charge is -2.24. The molecule has 0 aliphatic carbocycles. The van der Waals surface area contributed by atoms with Gasteiger partial charge in [0.2, 0.25) is 15.9 Å². The summed E-state index contributed by atoms with van der Waals surface area (Å²) in [4.78, 5) is 12.1. The fourth-order valence-electron chi connectivity index (χ4n) is 1.82. The molecule has 0 bridgehead atoms. The molecule has 0 unspecified atom stereocenters. The van der Waals surface area contributed by atoms with Crippen LogP contribution in [-0.2, 0) is 14.8 Å². The quantitative estimate of drug-likeness (QED) is 0.676. The maximum absolute atomic E-state index is 12.0. The van der Waals surface area contributed by atoms with Crippen molar-refractivity contribution in [2.75, 3.05) is 11.9 Å². The number of nitrogens with one attached hydrogen (secondary N) is 3. The highest BCUT2D eigenvalue weighted by Gasteiger charge is 2.18. The van der Waals surface area contributed by atoms with Crippen LogP contribution in [0.15, 0.2) is 29.2 Å². The fourth-order valence-corrected chi connectivity index (χ4v) is 3.07. The summed E-state index contributed by atoms with van der Waals surface area (Å²) >= 11 is 0. The van der Waals surface area contributed by atoms with Gasteiger partial charge in [0, 0.05) is 17.3 Å². The Bertz CT molecular complexity index is 622. The van der Waals surface area contributed by atoms with Gasteiger partial charge in [0.25, 0.3) is 0 Å². The van der Waals surface area contributed by atoms with Crippen molar-refractivity contribution in [1.82, 2.24) is 10.0 Å². The summed E-state index contributed by atoms with van der Waals surface area (Å²) in [5.41, 5.74) is 0.456. The predicted molar refractivity (Wildman–Crippen MR) is 92.9 cm³/mol. The first kappa shape index (κ1) is 19.4. The number of carbonyl (C=O) groups excluding carboxylic acids is 1. The molecule has 0 aliphatic heterocycles. The molecule has 130 valence electrons. The third-order valence-corrected chi connectivity index (χ3v) is 5.04. The molecule has 0 aliphatic rings. The highest BCUT2D eigenvalue weighted by Crippen LogP contribution is 2.14. The molecule has 0 spiro atoms. The zero-order valence-corrected chi connectivity index (χ0v) is 15.3. The summed E-state index contributed by atoms with van der Waals surface area (Å²) in [6, 6.07) is 6.16. The maximum Gasteiger partial charge on any atom is 0.240 e. The van der Waals surface area contributed by atoms with Crippen molar-refractivity contribution in [2.45, 2.75) is 57.5 Å². The average Bonchev–Trinajstić information content (AvgIpc) is 2.44. The minimum Gasteiger partial charge on any atom is -0.376 e. The van der Waals surface area contributed by atoms with Crippen LogP contribution in [0.5, 0.6) is 0 Å². The monoisotopic (exact) mass is 341 g/mol. The zero-order chi connectivity index (χ0) is 17.7. The summed E-state index contributed by atoms with van der Waals surface area (Å²) in [5.74, 6) is -0.102. The molecule has 1 aromatic rings. The zero-order valence-electron chi connectivity index (χ0n) is 14.4. The first-order valence-corrected chi connectivity index (χ1v) is 9.21. The van der Waals surface area contributed by atoms with Gasteiger partial charge in [-0.15, -0.1) is 0 Å². The third kappa shape index (κ3) is 6.58. The Labute approximate surface area is 139 Å². The van der Waals surface area contributed by atoms with E-state index in [1.807, 2.05) is 20.8 Å². The lowest BCUT2D eigenvalue weighted by molar-refractivity contribution is -0.121. The molecule has 0 atom stereocenters. The minimum absolute atomic E-state index is 0.102. The minimum atomic E-state index is -3.49. The number of anilines is 1. The second-order valence-electron chi connectivity index (χ2n) is 6.44. The molecule has 23 heavy (non-hydrogen) atoms. The normalized spacial score (nSPS) is 12.3. The number of hydrogen-bond acceptors (Lipinski definition) is 4. The van der Waals surface area contributed by atoms with E-state index in [4.69, 9.17) is 0 Å². The van der Waals surface area contributed by atoms with E-state index in [0.717, 1.165) is 6.42 Å². The van der Waals surface area contributed by atoms with Crippen LogP contribution in [0, 0.1) is 0 Å². The van der Waals surface area contributed by atoms with Crippen molar-refractivity contribution < 1.29 is 13.2 Å². The van der Waals surface area contributed by atoms with Gasteiger partial charge in [-0.2, -0.15) is 0 Å². The van der Waals surface area contributed by atoms with Gasteiger partial charge in [-0.05, 0) is 58.4 Å². The standard InChI is InChI=1S/C16H27N3O3S/c1-6-16(4,5)18-15(20)11-17-13-7-9-14(10-8-13)23(21,22)19-12(2)3/h7-10,12,17,19H,6,11H2,1-5H3,(H,18,20). The van der Waals surface area contributed by atoms with E-state index in [9.17, 15) is 13.2 Å². The summed E-state index contributed by atoms with van der Waals surface area (Å²) in [7, 11) is -3.49. The summed E-state index contributed by atoms with van der Waals surface area (Å²) in [5, 5.41) is 5.91. The van der Waals surface area contributed by atoms with E-state index < -0.39 is 10.0 Å². The Balaban J connectivity index is 2.63. The van der Waals surface area contributed by atoms with Crippen molar-refractivity contribution in [3.8, 4) is 0 Å². The largest absolute Gasteiger partial charge is 0.376 e. The highest BCUT2D eigenvalue weighted by molar-refractivity contribution is 7.89. The second kappa shape index (κ2) is 7.79. The molecule has 0 aromatic heterocycles. The molecule has 7 heteroatoms. The third-order valence-electron chi connectivity index (χ3n) is 3.37. The van der Waals surface area contributed by atoms with E-state index in [2.05, 4.69) is 15.4 Å². The molecular formula is C16H27N3O3S. The Morgan fingerprint density at radius 1 is 1.17 bits per heavy atom. The summed E-state index contributed by atoms with van der Waals surface area (Å²) < 4.78 is 26.6. The number of carbonyl (C=O) groups is 1. The topological polar surface area (TPSA) is 87.3 Å². The van der Waals surface area contributed by atoms with Crippen molar-refractivity contribution in [1.29, 1.82) is 0 Å². The SMILES string of the molecule is CCC(C)(C)NC(=O)CNc1ccc(S(=O)(=O)NC(C)C)cc1. The van der Waals surface area contributed by atoms with Gasteiger partial charge in [-0.25, -0.2) is 13.1 Å².